The molecule has 1 N–H and O–H groups in total. The molecule has 0 radical (unpaired) electrons. The van der Waals surface area contributed by atoms with Gasteiger partial charge in [0.2, 0.25) is 0 Å². The van der Waals surface area contributed by atoms with E-state index in [-0.39, 0.29) is 0 Å². The van der Waals surface area contributed by atoms with Crippen LogP contribution < -0.4 is 5.32 Å². The highest BCUT2D eigenvalue weighted by Crippen LogP contribution is 2.24. The highest BCUT2D eigenvalue weighted by Gasteiger charge is 2.26. The van der Waals surface area contributed by atoms with Gasteiger partial charge in [-0.05, 0) is 18.4 Å². The number of rotatable bonds is 7. The van der Waals surface area contributed by atoms with E-state index in [0.29, 0.717) is 5.41 Å². The average molecular weight is 228 g/mol. The summed E-state index contributed by atoms with van der Waals surface area (Å²) < 4.78 is 5.40. The summed E-state index contributed by atoms with van der Waals surface area (Å²) in [6.07, 6.45) is 2.57. The van der Waals surface area contributed by atoms with Gasteiger partial charge in [0.25, 0.3) is 0 Å². The van der Waals surface area contributed by atoms with Crippen LogP contribution in [-0.4, -0.2) is 50.8 Å². The second-order valence-electron chi connectivity index (χ2n) is 5.23. The van der Waals surface area contributed by atoms with Crippen LogP contribution in [0.4, 0.5) is 0 Å². The normalized spacial score (nSPS) is 21.9. The summed E-state index contributed by atoms with van der Waals surface area (Å²) in [6, 6.07) is 0. The van der Waals surface area contributed by atoms with Crippen molar-refractivity contribution in [3.63, 3.8) is 0 Å². The van der Waals surface area contributed by atoms with E-state index >= 15 is 0 Å². The van der Waals surface area contributed by atoms with Crippen molar-refractivity contribution in [2.45, 2.75) is 33.6 Å². The van der Waals surface area contributed by atoms with Crippen LogP contribution in [0.25, 0.3) is 0 Å². The van der Waals surface area contributed by atoms with Gasteiger partial charge in [-0.3, -0.25) is 4.90 Å². The fourth-order valence-electron chi connectivity index (χ4n) is 2.55. The van der Waals surface area contributed by atoms with E-state index in [1.165, 1.54) is 19.4 Å². The number of nitrogens with zero attached hydrogens (tertiary/aromatic N) is 1. The van der Waals surface area contributed by atoms with Crippen LogP contribution in [0.1, 0.15) is 33.6 Å². The SMILES string of the molecule is CCCC(C)(CNCC)CN1CCOCC1. The van der Waals surface area contributed by atoms with E-state index in [0.717, 1.165) is 39.4 Å². The first-order chi connectivity index (χ1) is 7.70. The summed E-state index contributed by atoms with van der Waals surface area (Å²) in [5.41, 5.74) is 0.419. The zero-order valence-electron chi connectivity index (χ0n) is 11.2. The second kappa shape index (κ2) is 7.25. The van der Waals surface area contributed by atoms with Gasteiger partial charge in [-0.1, -0.05) is 27.2 Å². The van der Waals surface area contributed by atoms with Crippen molar-refractivity contribution in [2.24, 2.45) is 5.41 Å². The maximum absolute atomic E-state index is 5.40. The van der Waals surface area contributed by atoms with Crippen LogP contribution in [0.3, 0.4) is 0 Å². The average Bonchev–Trinajstić information content (AvgIpc) is 2.28. The van der Waals surface area contributed by atoms with Crippen LogP contribution >= 0.6 is 0 Å². The lowest BCUT2D eigenvalue weighted by molar-refractivity contribution is 0.0170. The van der Waals surface area contributed by atoms with Gasteiger partial charge >= 0.3 is 0 Å². The van der Waals surface area contributed by atoms with E-state index in [2.05, 4.69) is 31.0 Å². The predicted octanol–water partition coefficient (Wildman–Crippen LogP) is 1.73. The molecule has 0 spiro atoms. The molecule has 1 heterocycles. The molecule has 16 heavy (non-hydrogen) atoms. The summed E-state index contributed by atoms with van der Waals surface area (Å²) in [4.78, 5) is 2.55. The summed E-state index contributed by atoms with van der Waals surface area (Å²) >= 11 is 0. The number of hydrogen-bond acceptors (Lipinski definition) is 3. The summed E-state index contributed by atoms with van der Waals surface area (Å²) in [5, 5.41) is 3.51. The Kier molecular flexibility index (Phi) is 6.32. The molecule has 1 atom stereocenters. The highest BCUT2D eigenvalue weighted by molar-refractivity contribution is 4.81. The van der Waals surface area contributed by atoms with E-state index in [1.54, 1.807) is 0 Å². The number of morpholine rings is 1. The molecule has 1 rings (SSSR count). The van der Waals surface area contributed by atoms with Crippen molar-refractivity contribution in [3.8, 4) is 0 Å². The minimum atomic E-state index is 0.419. The Balaban J connectivity index is 2.40. The molecule has 1 saturated heterocycles. The van der Waals surface area contributed by atoms with Crippen LogP contribution in [-0.2, 0) is 4.74 Å². The molecule has 0 amide bonds. The van der Waals surface area contributed by atoms with Crippen molar-refractivity contribution in [3.05, 3.63) is 0 Å². The molecule has 1 aliphatic heterocycles. The Bertz CT molecular complexity index is 181. The Morgan fingerprint density at radius 2 is 1.94 bits per heavy atom. The third-order valence-electron chi connectivity index (χ3n) is 3.36. The van der Waals surface area contributed by atoms with Gasteiger partial charge < -0.3 is 10.1 Å². The predicted molar refractivity (Wildman–Crippen MR) is 68.8 cm³/mol. The molecule has 0 aromatic rings. The Morgan fingerprint density at radius 3 is 2.50 bits per heavy atom. The molecule has 1 fully saturated rings. The number of ether oxygens (including phenoxy) is 1. The van der Waals surface area contributed by atoms with Crippen molar-refractivity contribution in [2.75, 3.05) is 45.9 Å². The van der Waals surface area contributed by atoms with E-state index in [9.17, 15) is 0 Å². The smallest absolute Gasteiger partial charge is 0.0594 e. The number of nitrogens with one attached hydrogen (secondary N) is 1. The van der Waals surface area contributed by atoms with Gasteiger partial charge in [-0.2, -0.15) is 0 Å². The van der Waals surface area contributed by atoms with Crippen molar-refractivity contribution < 1.29 is 4.74 Å². The van der Waals surface area contributed by atoms with Crippen molar-refractivity contribution in [1.29, 1.82) is 0 Å². The van der Waals surface area contributed by atoms with Gasteiger partial charge in [-0.15, -0.1) is 0 Å². The maximum atomic E-state index is 5.40. The Hall–Kier alpha value is -0.120. The molecule has 1 aliphatic rings. The van der Waals surface area contributed by atoms with E-state index in [1.807, 2.05) is 0 Å². The van der Waals surface area contributed by atoms with Crippen LogP contribution in [0, 0.1) is 5.41 Å². The largest absolute Gasteiger partial charge is 0.379 e. The summed E-state index contributed by atoms with van der Waals surface area (Å²) in [5.74, 6) is 0. The van der Waals surface area contributed by atoms with Gasteiger partial charge in [0.1, 0.15) is 0 Å². The molecular formula is C13H28N2O. The molecule has 0 bridgehead atoms. The topological polar surface area (TPSA) is 24.5 Å². The summed E-state index contributed by atoms with van der Waals surface area (Å²) in [7, 11) is 0. The molecule has 3 heteroatoms. The molecule has 0 aromatic carbocycles. The lowest BCUT2D eigenvalue weighted by atomic mass is 9.84. The third kappa shape index (κ3) is 4.81. The monoisotopic (exact) mass is 228 g/mol. The lowest BCUT2D eigenvalue weighted by Gasteiger charge is -2.37. The van der Waals surface area contributed by atoms with Gasteiger partial charge in [0.05, 0.1) is 13.2 Å². The van der Waals surface area contributed by atoms with Crippen LogP contribution in [0.5, 0.6) is 0 Å². The molecule has 1 unspecified atom stereocenters. The Labute approximate surface area is 101 Å². The first-order valence-electron chi connectivity index (χ1n) is 6.71. The van der Waals surface area contributed by atoms with Crippen LogP contribution in [0.2, 0.25) is 0 Å². The number of hydrogen-bond donors (Lipinski definition) is 1. The molecule has 0 saturated carbocycles. The van der Waals surface area contributed by atoms with Crippen molar-refractivity contribution >= 4 is 0 Å². The zero-order valence-corrected chi connectivity index (χ0v) is 11.2. The molecule has 0 aromatic heterocycles. The highest BCUT2D eigenvalue weighted by atomic mass is 16.5. The minimum Gasteiger partial charge on any atom is -0.379 e. The maximum Gasteiger partial charge on any atom is 0.0594 e. The first-order valence-corrected chi connectivity index (χ1v) is 6.71. The van der Waals surface area contributed by atoms with Gasteiger partial charge in [0.15, 0.2) is 0 Å². The van der Waals surface area contributed by atoms with E-state index < -0.39 is 0 Å². The minimum absolute atomic E-state index is 0.419. The van der Waals surface area contributed by atoms with E-state index in [4.69, 9.17) is 4.74 Å². The second-order valence-corrected chi connectivity index (χ2v) is 5.23. The molecule has 0 aliphatic carbocycles. The Morgan fingerprint density at radius 1 is 1.25 bits per heavy atom. The molecule has 96 valence electrons. The fraction of sp³-hybridized carbons (Fsp3) is 1.00. The van der Waals surface area contributed by atoms with Crippen molar-refractivity contribution in [1.82, 2.24) is 10.2 Å². The molecular weight excluding hydrogens is 200 g/mol. The first kappa shape index (κ1) is 13.9. The van der Waals surface area contributed by atoms with Gasteiger partial charge in [-0.25, -0.2) is 0 Å². The third-order valence-corrected chi connectivity index (χ3v) is 3.36. The summed E-state index contributed by atoms with van der Waals surface area (Å²) in [6.45, 7) is 14.3. The lowest BCUT2D eigenvalue weighted by Crippen LogP contribution is -2.46. The standard InChI is InChI=1S/C13H28N2O/c1-4-6-13(3,11-14-5-2)12-15-7-9-16-10-8-15/h14H,4-12H2,1-3H3. The van der Waals surface area contributed by atoms with Crippen LogP contribution in [0.15, 0.2) is 0 Å². The quantitative estimate of drug-likeness (QED) is 0.718. The zero-order chi connectivity index (χ0) is 11.9. The van der Waals surface area contributed by atoms with Gasteiger partial charge in [0, 0.05) is 26.2 Å². The molecule has 3 nitrogen and oxygen atoms in total. The fourth-order valence-corrected chi connectivity index (χ4v) is 2.55.